The molecule has 1 aromatic heterocycles. The molecule has 82 valence electrons. The Morgan fingerprint density at radius 2 is 2.12 bits per heavy atom. The number of hydrogen-bond donors (Lipinski definition) is 0. The number of benzene rings is 1. The summed E-state index contributed by atoms with van der Waals surface area (Å²) in [4.78, 5) is 11.7. The molecule has 0 amide bonds. The first kappa shape index (κ1) is 11.0. The summed E-state index contributed by atoms with van der Waals surface area (Å²) in [6.45, 7) is 3.74. The van der Waals surface area contributed by atoms with E-state index in [4.69, 9.17) is 16.0 Å². The maximum Gasteiger partial charge on any atom is 0.220 e. The van der Waals surface area contributed by atoms with Gasteiger partial charge in [0.15, 0.2) is 11.3 Å². The Morgan fingerprint density at radius 3 is 2.75 bits per heavy atom. The molecule has 1 heterocycles. The zero-order valence-corrected chi connectivity index (χ0v) is 9.84. The van der Waals surface area contributed by atoms with Crippen molar-refractivity contribution in [3.8, 4) is 0 Å². The van der Waals surface area contributed by atoms with Gasteiger partial charge in [0.2, 0.25) is 5.78 Å². The Kier molecular flexibility index (Phi) is 2.84. The summed E-state index contributed by atoms with van der Waals surface area (Å²) < 4.78 is 5.44. The minimum absolute atomic E-state index is 0.132. The van der Waals surface area contributed by atoms with E-state index in [-0.39, 0.29) is 5.78 Å². The topological polar surface area (TPSA) is 30.2 Å². The number of carbonyl (C=O) groups is 1. The van der Waals surface area contributed by atoms with Crippen LogP contribution in [0.3, 0.4) is 0 Å². The zero-order chi connectivity index (χ0) is 11.7. The summed E-state index contributed by atoms with van der Waals surface area (Å²) >= 11 is 5.96. The van der Waals surface area contributed by atoms with Crippen molar-refractivity contribution < 1.29 is 9.21 Å². The lowest BCUT2D eigenvalue weighted by Gasteiger charge is -1.91. The molecule has 2 nitrogen and oxygen atoms in total. The van der Waals surface area contributed by atoms with Crippen LogP contribution in [-0.2, 0) is 0 Å². The molecule has 0 unspecified atom stereocenters. The Morgan fingerprint density at radius 1 is 1.38 bits per heavy atom. The van der Waals surface area contributed by atoms with E-state index < -0.39 is 0 Å². The van der Waals surface area contributed by atoms with Crippen LogP contribution in [0.2, 0.25) is 5.02 Å². The second-order valence-electron chi connectivity index (χ2n) is 3.85. The van der Waals surface area contributed by atoms with E-state index in [9.17, 15) is 4.79 Å². The molecule has 0 aliphatic rings. The molecule has 1 aromatic carbocycles. The second-order valence-corrected chi connectivity index (χ2v) is 4.26. The first-order valence-electron chi connectivity index (χ1n) is 4.95. The smallest absolute Gasteiger partial charge is 0.220 e. The SMILES string of the molecule is CC(C)=CC(=O)c1cc2cccc(Cl)c2o1. The molecule has 0 aliphatic heterocycles. The molecule has 0 radical (unpaired) electrons. The number of para-hydroxylation sites is 1. The number of ketones is 1. The summed E-state index contributed by atoms with van der Waals surface area (Å²) in [5.74, 6) is 0.191. The van der Waals surface area contributed by atoms with Crippen LogP contribution in [0, 0.1) is 0 Å². The van der Waals surface area contributed by atoms with Gasteiger partial charge >= 0.3 is 0 Å². The van der Waals surface area contributed by atoms with E-state index in [1.54, 1.807) is 18.2 Å². The molecule has 0 bridgehead atoms. The third-order valence-corrected chi connectivity index (χ3v) is 2.46. The molecule has 0 saturated carbocycles. The van der Waals surface area contributed by atoms with Crippen LogP contribution in [0.25, 0.3) is 11.0 Å². The van der Waals surface area contributed by atoms with Crippen LogP contribution >= 0.6 is 11.6 Å². The maximum atomic E-state index is 11.7. The maximum absolute atomic E-state index is 11.7. The number of allylic oxidation sites excluding steroid dienone is 2. The fourth-order valence-corrected chi connectivity index (χ4v) is 1.70. The molecule has 16 heavy (non-hydrogen) atoms. The first-order chi connectivity index (χ1) is 7.58. The third kappa shape index (κ3) is 2.02. The largest absolute Gasteiger partial charge is 0.451 e. The van der Waals surface area contributed by atoms with E-state index >= 15 is 0 Å². The van der Waals surface area contributed by atoms with Gasteiger partial charge in [0.25, 0.3) is 0 Å². The van der Waals surface area contributed by atoms with Crippen LogP contribution < -0.4 is 0 Å². The quantitative estimate of drug-likeness (QED) is 0.575. The van der Waals surface area contributed by atoms with E-state index in [0.717, 1.165) is 11.0 Å². The predicted octanol–water partition coefficient (Wildman–Crippen LogP) is 4.24. The van der Waals surface area contributed by atoms with Crippen molar-refractivity contribution in [3.63, 3.8) is 0 Å². The molecule has 0 atom stereocenters. The predicted molar refractivity (Wildman–Crippen MR) is 65.0 cm³/mol. The molecular formula is C13H11ClO2. The molecule has 0 fully saturated rings. The monoisotopic (exact) mass is 234 g/mol. The van der Waals surface area contributed by atoms with E-state index in [0.29, 0.717) is 16.4 Å². The number of carbonyl (C=O) groups excluding carboxylic acids is 1. The van der Waals surface area contributed by atoms with Gasteiger partial charge in [-0.2, -0.15) is 0 Å². The van der Waals surface area contributed by atoms with Crippen molar-refractivity contribution in [3.05, 3.63) is 46.7 Å². The van der Waals surface area contributed by atoms with E-state index in [2.05, 4.69) is 0 Å². The number of hydrogen-bond acceptors (Lipinski definition) is 2. The summed E-state index contributed by atoms with van der Waals surface area (Å²) in [7, 11) is 0. The number of fused-ring (bicyclic) bond motifs is 1. The van der Waals surface area contributed by atoms with Crippen LogP contribution in [0.5, 0.6) is 0 Å². The fourth-order valence-electron chi connectivity index (χ4n) is 1.48. The molecule has 0 spiro atoms. The normalized spacial score (nSPS) is 10.4. The zero-order valence-electron chi connectivity index (χ0n) is 9.08. The molecule has 2 aromatic rings. The molecule has 0 N–H and O–H groups in total. The highest BCUT2D eigenvalue weighted by atomic mass is 35.5. The van der Waals surface area contributed by atoms with Crippen molar-refractivity contribution in [2.45, 2.75) is 13.8 Å². The Labute approximate surface area is 98.5 Å². The third-order valence-electron chi connectivity index (χ3n) is 2.16. The summed E-state index contributed by atoms with van der Waals surface area (Å²) in [6, 6.07) is 7.14. The molecule has 2 rings (SSSR count). The van der Waals surface area contributed by atoms with Gasteiger partial charge in [-0.15, -0.1) is 0 Å². The number of furan rings is 1. The highest BCUT2D eigenvalue weighted by molar-refractivity contribution is 6.34. The van der Waals surface area contributed by atoms with Crippen molar-refractivity contribution in [1.29, 1.82) is 0 Å². The minimum Gasteiger partial charge on any atom is -0.451 e. The first-order valence-corrected chi connectivity index (χ1v) is 5.33. The van der Waals surface area contributed by atoms with Crippen LogP contribution in [0.15, 0.2) is 40.3 Å². The number of rotatable bonds is 2. The van der Waals surface area contributed by atoms with Gasteiger partial charge in [-0.3, -0.25) is 4.79 Å². The van der Waals surface area contributed by atoms with Gasteiger partial charge in [0.1, 0.15) is 0 Å². The van der Waals surface area contributed by atoms with E-state index in [1.165, 1.54) is 0 Å². The van der Waals surface area contributed by atoms with Gasteiger partial charge in [-0.05, 0) is 32.1 Å². The Hall–Kier alpha value is -1.54. The van der Waals surface area contributed by atoms with Gasteiger partial charge < -0.3 is 4.42 Å². The lowest BCUT2D eigenvalue weighted by molar-refractivity contribution is 0.102. The molecular weight excluding hydrogens is 224 g/mol. The molecule has 0 saturated heterocycles. The highest BCUT2D eigenvalue weighted by Gasteiger charge is 2.11. The Balaban J connectivity index is 2.52. The van der Waals surface area contributed by atoms with Crippen molar-refractivity contribution in [2.75, 3.05) is 0 Å². The van der Waals surface area contributed by atoms with Crippen LogP contribution in [0.4, 0.5) is 0 Å². The van der Waals surface area contributed by atoms with Crippen molar-refractivity contribution in [2.24, 2.45) is 0 Å². The fraction of sp³-hybridized carbons (Fsp3) is 0.154. The molecule has 3 heteroatoms. The average Bonchev–Trinajstić information content (AvgIpc) is 2.61. The van der Waals surface area contributed by atoms with Crippen LogP contribution in [0.1, 0.15) is 24.4 Å². The van der Waals surface area contributed by atoms with Crippen molar-refractivity contribution in [1.82, 2.24) is 0 Å². The lowest BCUT2D eigenvalue weighted by atomic mass is 10.2. The van der Waals surface area contributed by atoms with Crippen molar-refractivity contribution >= 4 is 28.4 Å². The summed E-state index contributed by atoms with van der Waals surface area (Å²) in [5, 5.41) is 1.37. The lowest BCUT2D eigenvalue weighted by Crippen LogP contribution is -1.91. The van der Waals surface area contributed by atoms with E-state index in [1.807, 2.05) is 26.0 Å². The average molecular weight is 235 g/mol. The number of halogens is 1. The van der Waals surface area contributed by atoms with Gasteiger partial charge in [0, 0.05) is 5.39 Å². The van der Waals surface area contributed by atoms with Gasteiger partial charge in [0.05, 0.1) is 5.02 Å². The Bertz CT molecular complexity index is 575. The van der Waals surface area contributed by atoms with Gasteiger partial charge in [-0.1, -0.05) is 29.3 Å². The van der Waals surface area contributed by atoms with Gasteiger partial charge in [-0.25, -0.2) is 0 Å². The molecule has 0 aliphatic carbocycles. The highest BCUT2D eigenvalue weighted by Crippen LogP contribution is 2.26. The minimum atomic E-state index is -0.132. The standard InChI is InChI=1S/C13H11ClO2/c1-8(2)6-11(15)12-7-9-4-3-5-10(14)13(9)16-12/h3-7H,1-2H3. The summed E-state index contributed by atoms with van der Waals surface area (Å²) in [6.07, 6.45) is 1.55. The van der Waals surface area contributed by atoms with Crippen LogP contribution in [-0.4, -0.2) is 5.78 Å². The second kappa shape index (κ2) is 4.14. The summed E-state index contributed by atoms with van der Waals surface area (Å²) in [5.41, 5.74) is 1.51.